The molecule has 1 N–H and O–H groups in total. The van der Waals surface area contributed by atoms with E-state index < -0.39 is 12.0 Å². The number of amides is 1. The van der Waals surface area contributed by atoms with Crippen molar-refractivity contribution >= 4 is 11.9 Å². The molecule has 0 aromatic carbocycles. The van der Waals surface area contributed by atoms with Gasteiger partial charge in [-0.05, 0) is 13.8 Å². The molecule has 1 atom stereocenters. The molecule has 1 amide bonds. The van der Waals surface area contributed by atoms with Gasteiger partial charge in [0.2, 0.25) is 5.91 Å². The topological polar surface area (TPSA) is 66.8 Å². The van der Waals surface area contributed by atoms with Crippen LogP contribution in [0.5, 0.6) is 0 Å². The van der Waals surface area contributed by atoms with Gasteiger partial charge in [-0.3, -0.25) is 4.79 Å². The van der Waals surface area contributed by atoms with Gasteiger partial charge >= 0.3 is 5.97 Å². The van der Waals surface area contributed by atoms with Crippen LogP contribution in [-0.2, 0) is 14.3 Å². The minimum Gasteiger partial charge on any atom is -0.464 e. The van der Waals surface area contributed by atoms with Gasteiger partial charge in [-0.1, -0.05) is 0 Å². The first-order valence-electron chi connectivity index (χ1n) is 4.57. The number of carbonyl (C=O) groups is 2. The van der Waals surface area contributed by atoms with Crippen LogP contribution in [0.3, 0.4) is 0 Å². The van der Waals surface area contributed by atoms with E-state index in [4.69, 9.17) is 9.84 Å². The second kappa shape index (κ2) is 6.37. The summed E-state index contributed by atoms with van der Waals surface area (Å²) in [5.74, 6) is -0.700. The zero-order valence-electron chi connectivity index (χ0n) is 8.82. The average Bonchev–Trinajstić information content (AvgIpc) is 2.16. The van der Waals surface area contributed by atoms with Crippen LogP contribution in [-0.4, -0.2) is 48.2 Å². The summed E-state index contributed by atoms with van der Waals surface area (Å²) in [6.07, 6.45) is 0.0280. The lowest BCUT2D eigenvalue weighted by Crippen LogP contribution is -2.41. The quantitative estimate of drug-likeness (QED) is 0.627. The molecule has 14 heavy (non-hydrogen) atoms. The molecule has 0 aliphatic heterocycles. The Labute approximate surface area is 83.6 Å². The highest BCUT2D eigenvalue weighted by Gasteiger charge is 2.22. The third kappa shape index (κ3) is 3.74. The number of aliphatic hydroxyl groups is 1. The lowest BCUT2D eigenvalue weighted by molar-refractivity contribution is -0.153. The van der Waals surface area contributed by atoms with E-state index in [2.05, 4.69) is 0 Å². The number of likely N-dealkylation sites (N-methyl/N-ethyl adjacent to an activating group) is 1. The Balaban J connectivity index is 4.16. The molecule has 0 aromatic rings. The van der Waals surface area contributed by atoms with Gasteiger partial charge < -0.3 is 14.7 Å². The lowest BCUT2D eigenvalue weighted by atomic mass is 10.2. The summed E-state index contributed by atoms with van der Waals surface area (Å²) < 4.78 is 4.76. The second-order valence-corrected chi connectivity index (χ2v) is 2.91. The number of rotatable bonds is 5. The van der Waals surface area contributed by atoms with E-state index >= 15 is 0 Å². The Bertz CT molecular complexity index is 183. The molecule has 0 spiro atoms. The maximum Gasteiger partial charge on any atom is 0.328 e. The van der Waals surface area contributed by atoms with Gasteiger partial charge in [0.05, 0.1) is 13.2 Å². The molecule has 0 aromatic heterocycles. The van der Waals surface area contributed by atoms with Crippen LogP contribution in [0.4, 0.5) is 0 Å². The summed E-state index contributed by atoms with van der Waals surface area (Å²) in [5, 5.41) is 8.55. The first-order valence-corrected chi connectivity index (χ1v) is 4.57. The maximum absolute atomic E-state index is 11.3. The highest BCUT2D eigenvalue weighted by molar-refractivity contribution is 5.84. The molecule has 0 saturated heterocycles. The van der Waals surface area contributed by atoms with Crippen molar-refractivity contribution in [3.8, 4) is 0 Å². The molecule has 0 bridgehead atoms. The van der Waals surface area contributed by atoms with Crippen molar-refractivity contribution in [2.75, 3.05) is 20.3 Å². The zero-order chi connectivity index (χ0) is 11.1. The summed E-state index contributed by atoms with van der Waals surface area (Å²) >= 11 is 0. The SMILES string of the molecule is CCOC(=O)[C@H](C)N(C)C(=O)CCO. The van der Waals surface area contributed by atoms with Crippen LogP contribution in [0, 0.1) is 0 Å². The number of hydrogen-bond acceptors (Lipinski definition) is 4. The van der Waals surface area contributed by atoms with Crippen molar-refractivity contribution < 1.29 is 19.4 Å². The smallest absolute Gasteiger partial charge is 0.328 e. The van der Waals surface area contributed by atoms with Crippen LogP contribution in [0.15, 0.2) is 0 Å². The molecule has 0 unspecified atom stereocenters. The van der Waals surface area contributed by atoms with Crippen LogP contribution in [0.1, 0.15) is 20.3 Å². The normalized spacial score (nSPS) is 12.0. The molecule has 5 heteroatoms. The zero-order valence-corrected chi connectivity index (χ0v) is 8.82. The highest BCUT2D eigenvalue weighted by atomic mass is 16.5. The predicted molar refractivity (Wildman–Crippen MR) is 50.6 cm³/mol. The summed E-state index contributed by atoms with van der Waals surface area (Å²) in [4.78, 5) is 23.7. The summed E-state index contributed by atoms with van der Waals surface area (Å²) in [6, 6.07) is -0.603. The predicted octanol–water partition coefficient (Wildman–Crippen LogP) is -0.221. The molecule has 0 rings (SSSR count). The summed E-state index contributed by atoms with van der Waals surface area (Å²) in [6.45, 7) is 3.39. The van der Waals surface area contributed by atoms with Crippen LogP contribution < -0.4 is 0 Å². The minimum absolute atomic E-state index is 0.0280. The molecule has 0 aliphatic rings. The van der Waals surface area contributed by atoms with Crippen LogP contribution in [0.25, 0.3) is 0 Å². The van der Waals surface area contributed by atoms with Gasteiger partial charge in [-0.15, -0.1) is 0 Å². The number of carbonyl (C=O) groups excluding carboxylic acids is 2. The molecule has 0 saturated carbocycles. The van der Waals surface area contributed by atoms with Gasteiger partial charge in [-0.2, -0.15) is 0 Å². The van der Waals surface area contributed by atoms with Gasteiger partial charge in [0.15, 0.2) is 0 Å². The third-order valence-electron chi connectivity index (χ3n) is 1.93. The van der Waals surface area contributed by atoms with E-state index in [1.54, 1.807) is 13.8 Å². The number of hydrogen-bond donors (Lipinski definition) is 1. The minimum atomic E-state index is -0.603. The molecule has 82 valence electrons. The van der Waals surface area contributed by atoms with Gasteiger partial charge in [0, 0.05) is 13.5 Å². The highest BCUT2D eigenvalue weighted by Crippen LogP contribution is 2.01. The number of esters is 1. The number of nitrogens with zero attached hydrogens (tertiary/aromatic N) is 1. The van der Waals surface area contributed by atoms with Crippen LogP contribution in [0.2, 0.25) is 0 Å². The fourth-order valence-corrected chi connectivity index (χ4v) is 0.909. The van der Waals surface area contributed by atoms with Crippen molar-refractivity contribution in [1.29, 1.82) is 0 Å². The first-order chi connectivity index (χ1) is 6.54. The van der Waals surface area contributed by atoms with Crippen molar-refractivity contribution in [3.05, 3.63) is 0 Å². The van der Waals surface area contributed by atoms with E-state index in [0.29, 0.717) is 6.61 Å². The number of ether oxygens (including phenoxy) is 1. The molecular weight excluding hydrogens is 186 g/mol. The molecule has 0 fully saturated rings. The number of aliphatic hydroxyl groups excluding tert-OH is 1. The van der Waals surface area contributed by atoms with E-state index in [9.17, 15) is 9.59 Å². The summed E-state index contributed by atoms with van der Waals surface area (Å²) in [7, 11) is 1.51. The van der Waals surface area contributed by atoms with E-state index in [1.165, 1.54) is 11.9 Å². The standard InChI is InChI=1S/C9H17NO4/c1-4-14-9(13)7(2)10(3)8(12)5-6-11/h7,11H,4-6H2,1-3H3/t7-/m0/s1. The van der Waals surface area contributed by atoms with Gasteiger partial charge in [0.1, 0.15) is 6.04 Å². The van der Waals surface area contributed by atoms with Crippen molar-refractivity contribution in [1.82, 2.24) is 4.90 Å². The van der Waals surface area contributed by atoms with E-state index in [-0.39, 0.29) is 18.9 Å². The second-order valence-electron chi connectivity index (χ2n) is 2.91. The Morgan fingerprint density at radius 2 is 2.07 bits per heavy atom. The fourth-order valence-electron chi connectivity index (χ4n) is 0.909. The van der Waals surface area contributed by atoms with E-state index in [1.807, 2.05) is 0 Å². The van der Waals surface area contributed by atoms with Crippen molar-refractivity contribution in [3.63, 3.8) is 0 Å². The van der Waals surface area contributed by atoms with Gasteiger partial charge in [0.25, 0.3) is 0 Å². The third-order valence-corrected chi connectivity index (χ3v) is 1.93. The van der Waals surface area contributed by atoms with E-state index in [0.717, 1.165) is 0 Å². The largest absolute Gasteiger partial charge is 0.464 e. The monoisotopic (exact) mass is 203 g/mol. The Morgan fingerprint density at radius 1 is 1.50 bits per heavy atom. The molecule has 0 heterocycles. The Kier molecular flexibility index (Phi) is 5.87. The summed E-state index contributed by atoms with van der Waals surface area (Å²) in [5.41, 5.74) is 0. The average molecular weight is 203 g/mol. The Hall–Kier alpha value is -1.10. The fraction of sp³-hybridized carbons (Fsp3) is 0.778. The molecule has 0 aliphatic carbocycles. The Morgan fingerprint density at radius 3 is 2.50 bits per heavy atom. The molecule has 5 nitrogen and oxygen atoms in total. The first kappa shape index (κ1) is 12.9. The molecule has 0 radical (unpaired) electrons. The van der Waals surface area contributed by atoms with Crippen molar-refractivity contribution in [2.45, 2.75) is 26.3 Å². The van der Waals surface area contributed by atoms with Crippen LogP contribution >= 0.6 is 0 Å². The maximum atomic E-state index is 11.3. The van der Waals surface area contributed by atoms with Crippen molar-refractivity contribution in [2.24, 2.45) is 0 Å². The molecular formula is C9H17NO4. The lowest BCUT2D eigenvalue weighted by Gasteiger charge is -2.22. The van der Waals surface area contributed by atoms with Gasteiger partial charge in [-0.25, -0.2) is 4.79 Å².